The molecule has 1 unspecified atom stereocenters. The van der Waals surface area contributed by atoms with E-state index in [0.29, 0.717) is 10.4 Å². The summed E-state index contributed by atoms with van der Waals surface area (Å²) in [5.74, 6) is 0.908. The van der Waals surface area contributed by atoms with Crippen molar-refractivity contribution >= 4 is 15.9 Å². The van der Waals surface area contributed by atoms with Crippen LogP contribution in [0.5, 0.6) is 0 Å². The maximum absolute atomic E-state index is 9.99. The molecule has 1 saturated heterocycles. The van der Waals surface area contributed by atoms with E-state index >= 15 is 0 Å². The molecule has 78 valence electrons. The number of halogens is 1. The molecule has 4 heteroatoms. The summed E-state index contributed by atoms with van der Waals surface area (Å²) in [7, 11) is 0. The number of rotatable bonds is 2. The molecule has 1 aromatic rings. The molecule has 0 radical (unpaired) electrons. The van der Waals surface area contributed by atoms with E-state index in [9.17, 15) is 5.11 Å². The molecule has 0 spiro atoms. The fourth-order valence-electron chi connectivity index (χ4n) is 1.75. The summed E-state index contributed by atoms with van der Waals surface area (Å²) in [5.41, 5.74) is 0. The summed E-state index contributed by atoms with van der Waals surface area (Å²) in [6, 6.07) is 3.61. The molecule has 2 rings (SSSR count). The molecule has 0 bridgehead atoms. The first-order chi connectivity index (χ1) is 6.77. The quantitative estimate of drug-likeness (QED) is 0.889. The first kappa shape index (κ1) is 10.2. The summed E-state index contributed by atoms with van der Waals surface area (Å²) in [4.78, 5) is 0. The van der Waals surface area contributed by atoms with Crippen molar-refractivity contribution in [2.45, 2.75) is 18.9 Å². The SMILES string of the molecule is OC(c1ccc(Br)o1)C1CCOCC1. The second kappa shape index (κ2) is 4.47. The zero-order valence-electron chi connectivity index (χ0n) is 7.78. The van der Waals surface area contributed by atoms with E-state index in [1.165, 1.54) is 0 Å². The Labute approximate surface area is 91.2 Å². The standard InChI is InChI=1S/C10H13BrO3/c11-9-2-1-8(14-9)10(12)7-3-5-13-6-4-7/h1-2,7,10,12H,3-6H2. The van der Waals surface area contributed by atoms with Gasteiger partial charge in [-0.1, -0.05) is 0 Å². The highest BCUT2D eigenvalue weighted by Gasteiger charge is 2.25. The van der Waals surface area contributed by atoms with Crippen molar-refractivity contribution in [1.29, 1.82) is 0 Å². The Hall–Kier alpha value is -0.320. The van der Waals surface area contributed by atoms with Crippen LogP contribution in [0.2, 0.25) is 0 Å². The summed E-state index contributed by atoms with van der Waals surface area (Å²) in [6.45, 7) is 1.48. The lowest BCUT2D eigenvalue weighted by Gasteiger charge is -2.25. The van der Waals surface area contributed by atoms with Gasteiger partial charge >= 0.3 is 0 Å². The van der Waals surface area contributed by atoms with Gasteiger partial charge in [-0.2, -0.15) is 0 Å². The summed E-state index contributed by atoms with van der Waals surface area (Å²) < 4.78 is 11.2. The lowest BCUT2D eigenvalue weighted by Crippen LogP contribution is -2.21. The molecular weight excluding hydrogens is 248 g/mol. The van der Waals surface area contributed by atoms with Gasteiger partial charge in [0.25, 0.3) is 0 Å². The number of ether oxygens (including phenoxy) is 1. The van der Waals surface area contributed by atoms with Gasteiger partial charge in [0.2, 0.25) is 0 Å². The minimum Gasteiger partial charge on any atom is -0.452 e. The van der Waals surface area contributed by atoms with Crippen LogP contribution in [0, 0.1) is 5.92 Å². The second-order valence-electron chi connectivity index (χ2n) is 3.54. The molecule has 0 amide bonds. The van der Waals surface area contributed by atoms with Crippen molar-refractivity contribution in [3.8, 4) is 0 Å². The molecule has 1 N–H and O–H groups in total. The van der Waals surface area contributed by atoms with Gasteiger partial charge in [0, 0.05) is 13.2 Å². The number of furan rings is 1. The minimum absolute atomic E-state index is 0.266. The predicted molar refractivity (Wildman–Crippen MR) is 54.9 cm³/mol. The fraction of sp³-hybridized carbons (Fsp3) is 0.600. The third-order valence-corrected chi connectivity index (χ3v) is 3.02. The number of aliphatic hydroxyl groups is 1. The van der Waals surface area contributed by atoms with Crippen LogP contribution in [-0.2, 0) is 4.74 Å². The Morgan fingerprint density at radius 3 is 2.64 bits per heavy atom. The third-order valence-electron chi connectivity index (χ3n) is 2.60. The van der Waals surface area contributed by atoms with Crippen LogP contribution in [-0.4, -0.2) is 18.3 Å². The zero-order valence-corrected chi connectivity index (χ0v) is 9.37. The van der Waals surface area contributed by atoms with Crippen LogP contribution in [0.3, 0.4) is 0 Å². The van der Waals surface area contributed by atoms with Gasteiger partial charge < -0.3 is 14.3 Å². The maximum atomic E-state index is 9.99. The predicted octanol–water partition coefficient (Wildman–Crippen LogP) is 2.50. The zero-order chi connectivity index (χ0) is 9.97. The average Bonchev–Trinajstić information content (AvgIpc) is 2.65. The van der Waals surface area contributed by atoms with Crippen LogP contribution in [0.4, 0.5) is 0 Å². The van der Waals surface area contributed by atoms with Gasteiger partial charge in [0.1, 0.15) is 11.9 Å². The largest absolute Gasteiger partial charge is 0.452 e. The lowest BCUT2D eigenvalue weighted by molar-refractivity contribution is -0.00138. The van der Waals surface area contributed by atoms with E-state index in [2.05, 4.69) is 15.9 Å². The van der Waals surface area contributed by atoms with Crippen molar-refractivity contribution < 1.29 is 14.3 Å². The van der Waals surface area contributed by atoms with Gasteiger partial charge in [-0.05, 0) is 46.8 Å². The molecule has 0 aliphatic carbocycles. The summed E-state index contributed by atoms with van der Waals surface area (Å²) in [6.07, 6.45) is 1.31. The highest BCUT2D eigenvalue weighted by Crippen LogP contribution is 2.31. The molecule has 1 atom stereocenters. The van der Waals surface area contributed by atoms with Crippen LogP contribution < -0.4 is 0 Å². The van der Waals surface area contributed by atoms with Gasteiger partial charge in [0.05, 0.1) is 0 Å². The molecule has 0 aromatic carbocycles. The van der Waals surface area contributed by atoms with Crippen LogP contribution >= 0.6 is 15.9 Å². The Morgan fingerprint density at radius 2 is 2.07 bits per heavy atom. The van der Waals surface area contributed by atoms with E-state index in [1.54, 1.807) is 6.07 Å². The van der Waals surface area contributed by atoms with Gasteiger partial charge in [-0.25, -0.2) is 0 Å². The average molecular weight is 261 g/mol. The van der Waals surface area contributed by atoms with E-state index < -0.39 is 6.10 Å². The normalized spacial score (nSPS) is 21.0. The molecule has 1 aliphatic heterocycles. The first-order valence-corrected chi connectivity index (χ1v) is 5.57. The Balaban J connectivity index is 2.03. The molecule has 1 aliphatic rings. The Bertz CT molecular complexity index is 291. The highest BCUT2D eigenvalue weighted by molar-refractivity contribution is 9.10. The van der Waals surface area contributed by atoms with Gasteiger partial charge in [-0.3, -0.25) is 0 Å². The van der Waals surface area contributed by atoms with Crippen LogP contribution in [0.1, 0.15) is 24.7 Å². The minimum atomic E-state index is -0.495. The monoisotopic (exact) mass is 260 g/mol. The van der Waals surface area contributed by atoms with Crippen molar-refractivity contribution in [1.82, 2.24) is 0 Å². The van der Waals surface area contributed by atoms with Crippen LogP contribution in [0.15, 0.2) is 21.2 Å². The van der Waals surface area contributed by atoms with Crippen molar-refractivity contribution in [3.05, 3.63) is 22.6 Å². The molecule has 1 fully saturated rings. The number of hydrogen-bond acceptors (Lipinski definition) is 3. The highest BCUT2D eigenvalue weighted by atomic mass is 79.9. The summed E-state index contributed by atoms with van der Waals surface area (Å²) >= 11 is 3.22. The van der Waals surface area contributed by atoms with E-state index in [0.717, 1.165) is 26.1 Å². The number of hydrogen-bond donors (Lipinski definition) is 1. The van der Waals surface area contributed by atoms with Crippen LogP contribution in [0.25, 0.3) is 0 Å². The molecule has 0 saturated carbocycles. The van der Waals surface area contributed by atoms with Gasteiger partial charge in [-0.15, -0.1) is 0 Å². The smallest absolute Gasteiger partial charge is 0.169 e. The molecule has 14 heavy (non-hydrogen) atoms. The first-order valence-electron chi connectivity index (χ1n) is 4.78. The van der Waals surface area contributed by atoms with E-state index in [-0.39, 0.29) is 5.92 Å². The van der Waals surface area contributed by atoms with Gasteiger partial charge in [0.15, 0.2) is 4.67 Å². The second-order valence-corrected chi connectivity index (χ2v) is 4.32. The lowest BCUT2D eigenvalue weighted by atomic mass is 9.92. The van der Waals surface area contributed by atoms with Crippen molar-refractivity contribution in [3.63, 3.8) is 0 Å². The molecular formula is C10H13BrO3. The molecule has 1 aromatic heterocycles. The molecule has 3 nitrogen and oxygen atoms in total. The Morgan fingerprint density at radius 1 is 1.36 bits per heavy atom. The maximum Gasteiger partial charge on any atom is 0.169 e. The molecule has 2 heterocycles. The third kappa shape index (κ3) is 2.19. The van der Waals surface area contributed by atoms with Crippen molar-refractivity contribution in [2.24, 2.45) is 5.92 Å². The van der Waals surface area contributed by atoms with Crippen molar-refractivity contribution in [2.75, 3.05) is 13.2 Å². The number of aliphatic hydroxyl groups excluding tert-OH is 1. The van der Waals surface area contributed by atoms with E-state index in [1.807, 2.05) is 6.07 Å². The topological polar surface area (TPSA) is 42.6 Å². The fourth-order valence-corrected chi connectivity index (χ4v) is 2.07. The van der Waals surface area contributed by atoms with E-state index in [4.69, 9.17) is 9.15 Å². The summed E-state index contributed by atoms with van der Waals surface area (Å²) in [5, 5.41) is 9.99. The Kier molecular flexibility index (Phi) is 3.26.